The van der Waals surface area contributed by atoms with E-state index in [-0.39, 0.29) is 6.61 Å². The molecular formula is C11H20O5. The van der Waals surface area contributed by atoms with Gasteiger partial charge >= 0.3 is 5.97 Å². The van der Waals surface area contributed by atoms with Gasteiger partial charge in [0.15, 0.2) is 6.29 Å². The van der Waals surface area contributed by atoms with Crippen molar-refractivity contribution in [3.63, 3.8) is 0 Å². The number of methoxy groups -OCH3 is 1. The summed E-state index contributed by atoms with van der Waals surface area (Å²) in [5.41, 5.74) is 0.397. The highest BCUT2D eigenvalue weighted by atomic mass is 16.7. The minimum Gasteiger partial charge on any atom is -0.504 e. The first-order valence-electron chi connectivity index (χ1n) is 5.25. The van der Waals surface area contributed by atoms with Crippen LogP contribution in [0.4, 0.5) is 0 Å². The maximum absolute atomic E-state index is 11.4. The van der Waals surface area contributed by atoms with Crippen LogP contribution in [0.25, 0.3) is 0 Å². The fraction of sp³-hybridized carbons (Fsp3) is 0.727. The summed E-state index contributed by atoms with van der Waals surface area (Å²) in [7, 11) is 1.47. The van der Waals surface area contributed by atoms with E-state index in [4.69, 9.17) is 18.9 Å². The van der Waals surface area contributed by atoms with E-state index < -0.39 is 12.3 Å². The van der Waals surface area contributed by atoms with Crippen LogP contribution >= 0.6 is 0 Å². The third kappa shape index (κ3) is 6.42. The molecule has 0 aromatic carbocycles. The molecule has 94 valence electrons. The van der Waals surface area contributed by atoms with E-state index in [9.17, 15) is 4.79 Å². The van der Waals surface area contributed by atoms with Gasteiger partial charge in [-0.3, -0.25) is 0 Å². The van der Waals surface area contributed by atoms with Crippen molar-refractivity contribution in [1.29, 1.82) is 0 Å². The number of carbonyl (C=O) groups is 1. The number of hydrogen-bond donors (Lipinski definition) is 0. The summed E-state index contributed by atoms with van der Waals surface area (Å²) < 4.78 is 20.1. The molecule has 5 nitrogen and oxygen atoms in total. The Morgan fingerprint density at radius 1 is 1.25 bits per heavy atom. The molecule has 0 aliphatic rings. The number of hydrogen-bond acceptors (Lipinski definition) is 5. The standard InChI is InChI=1S/C11H20O5/c1-5-14-10(15-6-2)8-16-11(12)9(3)7-13-4/h7,10H,5-6,8H2,1-4H3. The molecule has 5 heteroatoms. The molecular weight excluding hydrogens is 212 g/mol. The molecule has 0 spiro atoms. The van der Waals surface area contributed by atoms with Crippen molar-refractivity contribution >= 4 is 5.97 Å². The lowest BCUT2D eigenvalue weighted by atomic mass is 10.3. The number of ether oxygens (including phenoxy) is 4. The Morgan fingerprint density at radius 2 is 1.81 bits per heavy atom. The zero-order valence-corrected chi connectivity index (χ0v) is 10.3. The van der Waals surface area contributed by atoms with Crippen LogP contribution in [0.2, 0.25) is 0 Å². The minimum atomic E-state index is -0.505. The van der Waals surface area contributed by atoms with E-state index in [1.807, 2.05) is 13.8 Å². The quantitative estimate of drug-likeness (QED) is 0.274. The van der Waals surface area contributed by atoms with Crippen molar-refractivity contribution < 1.29 is 23.7 Å². The van der Waals surface area contributed by atoms with Crippen LogP contribution in [0.1, 0.15) is 20.8 Å². The molecule has 0 fully saturated rings. The highest BCUT2D eigenvalue weighted by Gasteiger charge is 2.12. The summed E-state index contributed by atoms with van der Waals surface area (Å²) in [6.45, 7) is 6.41. The fourth-order valence-electron chi connectivity index (χ4n) is 0.999. The Balaban J connectivity index is 3.99. The highest BCUT2D eigenvalue weighted by Crippen LogP contribution is 2.01. The molecule has 0 unspecified atom stereocenters. The predicted molar refractivity (Wildman–Crippen MR) is 58.8 cm³/mol. The first kappa shape index (κ1) is 14.9. The van der Waals surface area contributed by atoms with E-state index in [0.717, 1.165) is 0 Å². The topological polar surface area (TPSA) is 54.0 Å². The average Bonchev–Trinajstić information content (AvgIpc) is 2.26. The van der Waals surface area contributed by atoms with Gasteiger partial charge in [-0.2, -0.15) is 0 Å². The van der Waals surface area contributed by atoms with Crippen LogP contribution in [-0.4, -0.2) is 39.2 Å². The third-order valence-electron chi connectivity index (χ3n) is 1.67. The van der Waals surface area contributed by atoms with Crippen LogP contribution in [0.5, 0.6) is 0 Å². The van der Waals surface area contributed by atoms with Crippen molar-refractivity contribution in [2.75, 3.05) is 26.9 Å². The Bertz CT molecular complexity index is 218. The largest absolute Gasteiger partial charge is 0.504 e. The van der Waals surface area contributed by atoms with Gasteiger partial charge in [-0.25, -0.2) is 4.79 Å². The highest BCUT2D eigenvalue weighted by molar-refractivity contribution is 5.87. The SMILES string of the molecule is CCOC(COC(=O)C(C)=COC)OCC. The molecule has 0 atom stereocenters. The van der Waals surface area contributed by atoms with E-state index >= 15 is 0 Å². The molecule has 0 saturated heterocycles. The van der Waals surface area contributed by atoms with Gasteiger partial charge in [0.1, 0.15) is 6.61 Å². The summed E-state index contributed by atoms with van der Waals surface area (Å²) in [6.07, 6.45) is 0.827. The maximum Gasteiger partial charge on any atom is 0.337 e. The summed E-state index contributed by atoms with van der Waals surface area (Å²) >= 11 is 0. The van der Waals surface area contributed by atoms with Gasteiger partial charge in [-0.05, 0) is 20.8 Å². The van der Waals surface area contributed by atoms with Gasteiger partial charge < -0.3 is 18.9 Å². The van der Waals surface area contributed by atoms with Crippen LogP contribution in [0.15, 0.2) is 11.8 Å². The lowest BCUT2D eigenvalue weighted by Crippen LogP contribution is -2.25. The van der Waals surface area contributed by atoms with Crippen LogP contribution in [-0.2, 0) is 23.7 Å². The monoisotopic (exact) mass is 232 g/mol. The van der Waals surface area contributed by atoms with Gasteiger partial charge in [-0.15, -0.1) is 0 Å². The number of rotatable bonds is 8. The number of esters is 1. The summed E-state index contributed by atoms with van der Waals surface area (Å²) in [4.78, 5) is 11.4. The average molecular weight is 232 g/mol. The van der Waals surface area contributed by atoms with E-state index in [0.29, 0.717) is 18.8 Å². The maximum atomic E-state index is 11.4. The van der Waals surface area contributed by atoms with Gasteiger partial charge in [0.2, 0.25) is 0 Å². The van der Waals surface area contributed by atoms with Crippen LogP contribution in [0.3, 0.4) is 0 Å². The third-order valence-corrected chi connectivity index (χ3v) is 1.67. The van der Waals surface area contributed by atoms with Crippen LogP contribution < -0.4 is 0 Å². The second-order valence-corrected chi connectivity index (χ2v) is 2.98. The van der Waals surface area contributed by atoms with Crippen molar-refractivity contribution in [2.45, 2.75) is 27.1 Å². The second kappa shape index (κ2) is 9.18. The molecule has 0 N–H and O–H groups in total. The van der Waals surface area contributed by atoms with Crippen LogP contribution in [0, 0.1) is 0 Å². The summed E-state index contributed by atoms with van der Waals surface area (Å²) in [5, 5.41) is 0. The number of carbonyl (C=O) groups excluding carboxylic acids is 1. The zero-order valence-electron chi connectivity index (χ0n) is 10.3. The predicted octanol–water partition coefficient (Wildman–Crippen LogP) is 1.48. The van der Waals surface area contributed by atoms with Crippen molar-refractivity contribution in [3.8, 4) is 0 Å². The molecule has 0 rings (SSSR count). The van der Waals surface area contributed by atoms with Gasteiger partial charge in [0.05, 0.1) is 18.9 Å². The van der Waals surface area contributed by atoms with Gasteiger partial charge in [0, 0.05) is 13.2 Å². The molecule has 0 aromatic rings. The molecule has 0 aliphatic carbocycles. The smallest absolute Gasteiger partial charge is 0.337 e. The van der Waals surface area contributed by atoms with Gasteiger partial charge in [-0.1, -0.05) is 0 Å². The van der Waals surface area contributed by atoms with Crippen molar-refractivity contribution in [2.24, 2.45) is 0 Å². The molecule has 0 bridgehead atoms. The molecule has 16 heavy (non-hydrogen) atoms. The molecule has 0 amide bonds. The lowest BCUT2D eigenvalue weighted by Gasteiger charge is -2.16. The molecule has 0 heterocycles. The first-order valence-corrected chi connectivity index (χ1v) is 5.25. The normalized spacial score (nSPS) is 11.7. The minimum absolute atomic E-state index is 0.0788. The summed E-state index contributed by atoms with van der Waals surface area (Å²) in [5.74, 6) is -0.439. The van der Waals surface area contributed by atoms with Gasteiger partial charge in [0.25, 0.3) is 0 Å². The Morgan fingerprint density at radius 3 is 2.25 bits per heavy atom. The van der Waals surface area contributed by atoms with Crippen molar-refractivity contribution in [1.82, 2.24) is 0 Å². The first-order chi connectivity index (χ1) is 7.65. The molecule has 0 aliphatic heterocycles. The van der Waals surface area contributed by atoms with E-state index in [2.05, 4.69) is 0 Å². The Kier molecular flexibility index (Phi) is 8.56. The Labute approximate surface area is 96.3 Å². The van der Waals surface area contributed by atoms with Crippen molar-refractivity contribution in [3.05, 3.63) is 11.8 Å². The lowest BCUT2D eigenvalue weighted by molar-refractivity contribution is -0.177. The molecule has 0 radical (unpaired) electrons. The molecule has 0 aromatic heterocycles. The van der Waals surface area contributed by atoms with E-state index in [1.165, 1.54) is 13.4 Å². The molecule has 0 saturated carbocycles. The Hall–Kier alpha value is -1.07. The second-order valence-electron chi connectivity index (χ2n) is 2.98. The fourth-order valence-corrected chi connectivity index (χ4v) is 0.999. The summed E-state index contributed by atoms with van der Waals surface area (Å²) in [6, 6.07) is 0. The van der Waals surface area contributed by atoms with E-state index in [1.54, 1.807) is 6.92 Å². The zero-order chi connectivity index (χ0) is 12.4.